The van der Waals surface area contributed by atoms with Gasteiger partial charge in [0.2, 0.25) is 0 Å². The fourth-order valence-corrected chi connectivity index (χ4v) is 2.13. The summed E-state index contributed by atoms with van der Waals surface area (Å²) in [6.45, 7) is 10.5. The molecule has 0 aromatic carbocycles. The molecule has 0 aromatic heterocycles. The van der Waals surface area contributed by atoms with Gasteiger partial charge in [-0.15, -0.1) is 0 Å². The molecule has 1 atom stereocenters. The van der Waals surface area contributed by atoms with Gasteiger partial charge in [-0.2, -0.15) is 0 Å². The monoisotopic (exact) mass is 215 g/mol. The molecule has 1 aliphatic rings. The Bertz CT molecular complexity index is 167. The van der Waals surface area contributed by atoms with Gasteiger partial charge in [-0.3, -0.25) is 9.80 Å². The van der Waals surface area contributed by atoms with E-state index in [1.165, 1.54) is 0 Å². The van der Waals surface area contributed by atoms with Crippen molar-refractivity contribution in [1.29, 1.82) is 0 Å². The van der Waals surface area contributed by atoms with Gasteiger partial charge in [-0.1, -0.05) is 0 Å². The summed E-state index contributed by atoms with van der Waals surface area (Å²) < 4.78 is 5.19. The molecule has 1 rings (SSSR count). The summed E-state index contributed by atoms with van der Waals surface area (Å²) in [5.74, 6) is 0. The Kier molecular flexibility index (Phi) is 5.53. The molecule has 90 valence electrons. The molecule has 0 saturated carbocycles. The molecule has 4 nitrogen and oxygen atoms in total. The van der Waals surface area contributed by atoms with E-state index in [-0.39, 0.29) is 0 Å². The van der Waals surface area contributed by atoms with E-state index in [4.69, 9.17) is 10.5 Å². The zero-order valence-electron chi connectivity index (χ0n) is 10.3. The third-order valence-corrected chi connectivity index (χ3v) is 3.23. The van der Waals surface area contributed by atoms with Crippen LogP contribution in [-0.2, 0) is 4.74 Å². The highest BCUT2D eigenvalue weighted by Gasteiger charge is 2.23. The maximum atomic E-state index is 5.75. The fraction of sp³-hybridized carbons (Fsp3) is 1.00. The van der Waals surface area contributed by atoms with Crippen molar-refractivity contribution < 1.29 is 4.74 Å². The fourth-order valence-electron chi connectivity index (χ4n) is 2.13. The highest BCUT2D eigenvalue weighted by molar-refractivity contribution is 4.80. The molecule has 1 saturated heterocycles. The molecule has 1 fully saturated rings. The maximum Gasteiger partial charge on any atom is 0.0630 e. The van der Waals surface area contributed by atoms with Gasteiger partial charge in [-0.25, -0.2) is 0 Å². The average Bonchev–Trinajstić information content (AvgIpc) is 2.26. The summed E-state index contributed by atoms with van der Waals surface area (Å²) in [4.78, 5) is 4.96. The van der Waals surface area contributed by atoms with E-state index in [1.807, 2.05) is 0 Å². The minimum Gasteiger partial charge on any atom is -0.383 e. The standard InChI is InChI=1S/C11H25N3O/c1-10(2)13-4-6-14(7-5-13)11(8-12)9-15-3/h10-11H,4-9,12H2,1-3H3. The van der Waals surface area contributed by atoms with Crippen LogP contribution < -0.4 is 5.73 Å². The predicted molar refractivity (Wildman–Crippen MR) is 63.0 cm³/mol. The van der Waals surface area contributed by atoms with Gasteiger partial charge in [0.25, 0.3) is 0 Å². The first-order valence-electron chi connectivity index (χ1n) is 5.86. The number of hydrogen-bond acceptors (Lipinski definition) is 4. The van der Waals surface area contributed by atoms with Gasteiger partial charge in [-0.05, 0) is 13.8 Å². The largest absolute Gasteiger partial charge is 0.383 e. The lowest BCUT2D eigenvalue weighted by atomic mass is 10.2. The minimum absolute atomic E-state index is 0.393. The molecule has 0 aliphatic carbocycles. The molecule has 0 radical (unpaired) electrons. The molecule has 1 heterocycles. The number of methoxy groups -OCH3 is 1. The Hall–Kier alpha value is -0.160. The molecule has 4 heteroatoms. The smallest absolute Gasteiger partial charge is 0.0630 e. The van der Waals surface area contributed by atoms with E-state index in [0.29, 0.717) is 18.6 Å². The molecule has 0 bridgehead atoms. The molecule has 15 heavy (non-hydrogen) atoms. The first kappa shape index (κ1) is 12.9. The van der Waals surface area contributed by atoms with Crippen LogP contribution in [0, 0.1) is 0 Å². The number of nitrogens with two attached hydrogens (primary N) is 1. The maximum absolute atomic E-state index is 5.75. The second-order valence-corrected chi connectivity index (χ2v) is 4.51. The molecule has 1 unspecified atom stereocenters. The minimum atomic E-state index is 0.393. The Morgan fingerprint density at radius 1 is 1.13 bits per heavy atom. The lowest BCUT2D eigenvalue weighted by Crippen LogP contribution is -2.54. The normalized spacial score (nSPS) is 22.2. The topological polar surface area (TPSA) is 41.7 Å². The Balaban J connectivity index is 2.35. The molecular formula is C11H25N3O. The summed E-state index contributed by atoms with van der Waals surface area (Å²) in [7, 11) is 1.74. The highest BCUT2D eigenvalue weighted by atomic mass is 16.5. The number of piperazine rings is 1. The van der Waals surface area contributed by atoms with Crippen molar-refractivity contribution in [3.05, 3.63) is 0 Å². The SMILES string of the molecule is COCC(CN)N1CCN(C(C)C)CC1. The van der Waals surface area contributed by atoms with Crippen molar-refractivity contribution >= 4 is 0 Å². The molecule has 0 aromatic rings. The lowest BCUT2D eigenvalue weighted by molar-refractivity contribution is 0.0438. The number of hydrogen-bond donors (Lipinski definition) is 1. The third-order valence-electron chi connectivity index (χ3n) is 3.23. The van der Waals surface area contributed by atoms with E-state index in [9.17, 15) is 0 Å². The van der Waals surface area contributed by atoms with Gasteiger partial charge in [0.05, 0.1) is 6.61 Å². The van der Waals surface area contributed by atoms with Crippen LogP contribution in [0.1, 0.15) is 13.8 Å². The summed E-state index contributed by atoms with van der Waals surface area (Å²) in [5, 5.41) is 0. The summed E-state index contributed by atoms with van der Waals surface area (Å²) >= 11 is 0. The van der Waals surface area contributed by atoms with E-state index in [0.717, 1.165) is 32.8 Å². The van der Waals surface area contributed by atoms with Crippen molar-refractivity contribution in [2.75, 3.05) is 46.4 Å². The van der Waals surface area contributed by atoms with Crippen LogP contribution in [0.15, 0.2) is 0 Å². The van der Waals surface area contributed by atoms with Crippen molar-refractivity contribution in [2.45, 2.75) is 25.9 Å². The average molecular weight is 215 g/mol. The van der Waals surface area contributed by atoms with Crippen LogP contribution in [0.2, 0.25) is 0 Å². The zero-order chi connectivity index (χ0) is 11.3. The van der Waals surface area contributed by atoms with Crippen LogP contribution in [0.3, 0.4) is 0 Å². The molecule has 2 N–H and O–H groups in total. The number of nitrogens with zero attached hydrogens (tertiary/aromatic N) is 2. The summed E-state index contributed by atoms with van der Waals surface area (Å²) in [6, 6.07) is 1.05. The van der Waals surface area contributed by atoms with Crippen LogP contribution in [0.5, 0.6) is 0 Å². The predicted octanol–water partition coefficient (Wildman–Crippen LogP) is -0.0139. The summed E-state index contributed by atoms with van der Waals surface area (Å²) in [5.41, 5.74) is 5.75. The van der Waals surface area contributed by atoms with Crippen LogP contribution in [-0.4, -0.2) is 68.3 Å². The first-order chi connectivity index (χ1) is 7.19. The Morgan fingerprint density at radius 2 is 1.67 bits per heavy atom. The molecular weight excluding hydrogens is 190 g/mol. The van der Waals surface area contributed by atoms with Crippen molar-refractivity contribution in [3.8, 4) is 0 Å². The Labute approximate surface area is 93.4 Å². The highest BCUT2D eigenvalue weighted by Crippen LogP contribution is 2.08. The first-order valence-corrected chi connectivity index (χ1v) is 5.86. The van der Waals surface area contributed by atoms with Crippen molar-refractivity contribution in [2.24, 2.45) is 5.73 Å². The van der Waals surface area contributed by atoms with Gasteiger partial charge in [0.1, 0.15) is 0 Å². The van der Waals surface area contributed by atoms with Gasteiger partial charge in [0, 0.05) is 51.9 Å². The van der Waals surface area contributed by atoms with Gasteiger partial charge >= 0.3 is 0 Å². The quantitative estimate of drug-likeness (QED) is 0.700. The zero-order valence-corrected chi connectivity index (χ0v) is 10.3. The van der Waals surface area contributed by atoms with Crippen LogP contribution in [0.4, 0.5) is 0 Å². The Morgan fingerprint density at radius 3 is 2.07 bits per heavy atom. The van der Waals surface area contributed by atoms with E-state index in [1.54, 1.807) is 7.11 Å². The van der Waals surface area contributed by atoms with Gasteiger partial charge in [0.15, 0.2) is 0 Å². The van der Waals surface area contributed by atoms with Gasteiger partial charge < -0.3 is 10.5 Å². The van der Waals surface area contributed by atoms with E-state index < -0.39 is 0 Å². The van der Waals surface area contributed by atoms with Crippen molar-refractivity contribution in [3.63, 3.8) is 0 Å². The van der Waals surface area contributed by atoms with E-state index >= 15 is 0 Å². The van der Waals surface area contributed by atoms with E-state index in [2.05, 4.69) is 23.6 Å². The van der Waals surface area contributed by atoms with Crippen LogP contribution >= 0.6 is 0 Å². The number of ether oxygens (including phenoxy) is 1. The molecule has 0 amide bonds. The van der Waals surface area contributed by atoms with Crippen LogP contribution in [0.25, 0.3) is 0 Å². The number of rotatable bonds is 5. The van der Waals surface area contributed by atoms with Crippen molar-refractivity contribution in [1.82, 2.24) is 9.80 Å². The lowest BCUT2D eigenvalue weighted by Gasteiger charge is -2.40. The molecule has 1 aliphatic heterocycles. The summed E-state index contributed by atoms with van der Waals surface area (Å²) in [6.07, 6.45) is 0. The third kappa shape index (κ3) is 3.72. The second-order valence-electron chi connectivity index (χ2n) is 4.51. The second kappa shape index (κ2) is 6.43. The molecule has 0 spiro atoms.